The number of alkyl halides is 3. The van der Waals surface area contributed by atoms with E-state index in [1.54, 1.807) is 31.3 Å². The maximum atomic E-state index is 12.9. The van der Waals surface area contributed by atoms with Crippen LogP contribution in [0.5, 0.6) is 0 Å². The Labute approximate surface area is 217 Å². The van der Waals surface area contributed by atoms with Crippen molar-refractivity contribution in [1.82, 2.24) is 15.0 Å². The van der Waals surface area contributed by atoms with E-state index in [9.17, 15) is 18.0 Å². The molecule has 13 heteroatoms. The minimum atomic E-state index is -4.45. The lowest BCUT2D eigenvalue weighted by Gasteiger charge is -2.15. The Balaban J connectivity index is 0.00000306. The number of aromatic nitrogens is 3. The number of carboxylic acid groups (broad SMARTS) is 1. The largest absolute Gasteiger partial charge is 0.478 e. The number of hydrogen-bond acceptors (Lipinski definition) is 7. The number of halogens is 5. The first kappa shape index (κ1) is 30.1. The van der Waals surface area contributed by atoms with Crippen LogP contribution in [0.4, 0.5) is 29.9 Å². The molecule has 0 fully saturated rings. The maximum absolute atomic E-state index is 12.9. The second kappa shape index (κ2) is 13.3. The van der Waals surface area contributed by atoms with Crippen molar-refractivity contribution in [2.24, 2.45) is 0 Å². The van der Waals surface area contributed by atoms with Crippen LogP contribution in [0, 0.1) is 0 Å². The second-order valence-electron chi connectivity index (χ2n) is 7.32. The Bertz CT molecular complexity index is 1160. The average molecular weight is 550 g/mol. The van der Waals surface area contributed by atoms with Gasteiger partial charge in [0.2, 0.25) is 0 Å². The molecule has 0 bridgehead atoms. The zero-order valence-corrected chi connectivity index (χ0v) is 21.2. The van der Waals surface area contributed by atoms with Crippen LogP contribution in [0.2, 0.25) is 0 Å². The van der Waals surface area contributed by atoms with Gasteiger partial charge in [0.05, 0.1) is 16.1 Å². The van der Waals surface area contributed by atoms with E-state index in [1.165, 1.54) is 17.4 Å². The summed E-state index contributed by atoms with van der Waals surface area (Å²) in [5.74, 6) is -0.534. The molecule has 0 aromatic carbocycles. The molecular weight excluding hydrogens is 526 g/mol. The molecule has 0 aliphatic carbocycles. The predicted octanol–water partition coefficient (Wildman–Crippen LogP) is 6.45. The van der Waals surface area contributed by atoms with E-state index in [4.69, 9.17) is 5.11 Å². The van der Waals surface area contributed by atoms with Gasteiger partial charge in [-0.1, -0.05) is 23.0 Å². The first-order valence-electron chi connectivity index (χ1n) is 9.96. The van der Waals surface area contributed by atoms with E-state index < -0.39 is 17.7 Å². The molecule has 3 aromatic rings. The first-order valence-corrected chi connectivity index (χ1v) is 10.8. The quantitative estimate of drug-likeness (QED) is 0.296. The molecule has 35 heavy (non-hydrogen) atoms. The molecule has 0 radical (unpaired) electrons. The number of thiazole rings is 1. The number of pyridine rings is 2. The Morgan fingerprint density at radius 3 is 2.63 bits per heavy atom. The van der Waals surface area contributed by atoms with Crippen molar-refractivity contribution in [3.05, 3.63) is 59.9 Å². The van der Waals surface area contributed by atoms with Crippen molar-refractivity contribution >= 4 is 58.9 Å². The lowest BCUT2D eigenvalue weighted by atomic mass is 10.1. The molecule has 3 heterocycles. The van der Waals surface area contributed by atoms with E-state index in [1.807, 2.05) is 11.9 Å². The number of nitrogens with one attached hydrogen (secondary N) is 1. The molecule has 2 N–H and O–H groups in total. The summed E-state index contributed by atoms with van der Waals surface area (Å²) in [4.78, 5) is 26.3. The number of carboxylic acids is 1. The van der Waals surface area contributed by atoms with Gasteiger partial charge in [0, 0.05) is 32.1 Å². The molecule has 0 amide bonds. The number of rotatable bonds is 9. The molecule has 0 aliphatic heterocycles. The summed E-state index contributed by atoms with van der Waals surface area (Å²) < 4.78 is 38.8. The normalized spacial score (nSPS) is 11.3. The van der Waals surface area contributed by atoms with E-state index in [-0.39, 0.29) is 30.6 Å². The zero-order valence-electron chi connectivity index (χ0n) is 18.7. The molecule has 3 rings (SSSR count). The molecule has 7 nitrogen and oxygen atoms in total. The van der Waals surface area contributed by atoms with Crippen LogP contribution in [0.3, 0.4) is 0 Å². The lowest BCUT2D eigenvalue weighted by Crippen LogP contribution is -2.18. The van der Waals surface area contributed by atoms with Crippen molar-refractivity contribution in [3.63, 3.8) is 0 Å². The van der Waals surface area contributed by atoms with Crippen LogP contribution in [-0.4, -0.2) is 39.6 Å². The molecule has 0 atom stereocenters. The molecule has 0 aliphatic rings. The van der Waals surface area contributed by atoms with Gasteiger partial charge in [-0.15, -0.1) is 24.8 Å². The summed E-state index contributed by atoms with van der Waals surface area (Å²) in [7, 11) is 1.91. The Hall–Kier alpha value is -2.89. The van der Waals surface area contributed by atoms with Gasteiger partial charge in [-0.05, 0) is 44.0 Å². The minimum Gasteiger partial charge on any atom is -0.478 e. The van der Waals surface area contributed by atoms with Gasteiger partial charge in [0.1, 0.15) is 11.6 Å². The van der Waals surface area contributed by atoms with Crippen LogP contribution < -0.4 is 10.2 Å². The highest BCUT2D eigenvalue weighted by atomic mass is 35.5. The van der Waals surface area contributed by atoms with Crippen molar-refractivity contribution in [1.29, 1.82) is 0 Å². The first-order chi connectivity index (χ1) is 15.6. The summed E-state index contributed by atoms with van der Waals surface area (Å²) in [6, 6.07) is 7.03. The van der Waals surface area contributed by atoms with Gasteiger partial charge < -0.3 is 15.3 Å². The third kappa shape index (κ3) is 9.00. The van der Waals surface area contributed by atoms with Gasteiger partial charge in [-0.2, -0.15) is 13.2 Å². The SMILES string of the molecule is C/C(=C\C(=O)O)CCCN(C)c1ncc(-c2cccc(Nc3cc(C(F)(F)F)ccn3)n2)s1.Cl.Cl. The fourth-order valence-corrected chi connectivity index (χ4v) is 3.85. The summed E-state index contributed by atoms with van der Waals surface area (Å²) in [5.41, 5.74) is 0.642. The fraction of sp³-hybridized carbons (Fsp3) is 0.273. The van der Waals surface area contributed by atoms with Gasteiger partial charge in [-0.25, -0.2) is 19.7 Å². The summed E-state index contributed by atoms with van der Waals surface area (Å²) in [6.45, 7) is 2.49. The summed E-state index contributed by atoms with van der Waals surface area (Å²) in [5, 5.41) is 12.4. The molecular formula is C22H24Cl2F3N5O2S. The lowest BCUT2D eigenvalue weighted by molar-refractivity contribution is -0.137. The van der Waals surface area contributed by atoms with Crippen molar-refractivity contribution in [2.75, 3.05) is 23.8 Å². The number of allylic oxidation sites excluding steroid dienone is 1. The Kier molecular flexibility index (Phi) is 11.4. The van der Waals surface area contributed by atoms with Crippen LogP contribution in [0.25, 0.3) is 10.6 Å². The van der Waals surface area contributed by atoms with Crippen LogP contribution >= 0.6 is 36.2 Å². The highest BCUT2D eigenvalue weighted by molar-refractivity contribution is 7.18. The number of hydrogen-bond donors (Lipinski definition) is 2. The Morgan fingerprint density at radius 2 is 1.94 bits per heavy atom. The van der Waals surface area contributed by atoms with E-state index >= 15 is 0 Å². The fourth-order valence-electron chi connectivity index (χ4n) is 2.98. The maximum Gasteiger partial charge on any atom is 0.416 e. The Morgan fingerprint density at radius 1 is 1.20 bits per heavy atom. The van der Waals surface area contributed by atoms with E-state index in [0.717, 1.165) is 40.3 Å². The zero-order chi connectivity index (χ0) is 24.0. The number of anilines is 3. The van der Waals surface area contributed by atoms with Crippen LogP contribution in [0.1, 0.15) is 25.3 Å². The molecule has 3 aromatic heterocycles. The smallest absolute Gasteiger partial charge is 0.416 e. The standard InChI is InChI=1S/C22H22F3N5O2S.2ClH/c1-14(11-20(31)32)5-4-10-30(2)21-27-13-17(33-21)16-6-3-7-18(28-16)29-19-12-15(8-9-26-19)22(23,24)25;;/h3,6-9,11-13H,4-5,10H2,1-2H3,(H,31,32)(H,26,28,29);2*1H/b14-11+;;. The molecule has 190 valence electrons. The van der Waals surface area contributed by atoms with E-state index in [0.29, 0.717) is 24.5 Å². The third-order valence-electron chi connectivity index (χ3n) is 4.60. The monoisotopic (exact) mass is 549 g/mol. The number of aliphatic carboxylic acids is 1. The van der Waals surface area contributed by atoms with Gasteiger partial charge >= 0.3 is 12.1 Å². The van der Waals surface area contributed by atoms with Gasteiger partial charge in [0.25, 0.3) is 0 Å². The van der Waals surface area contributed by atoms with Gasteiger partial charge in [0.15, 0.2) is 5.13 Å². The van der Waals surface area contributed by atoms with E-state index in [2.05, 4.69) is 20.3 Å². The molecule has 0 unspecified atom stereocenters. The highest BCUT2D eigenvalue weighted by Gasteiger charge is 2.30. The van der Waals surface area contributed by atoms with Crippen molar-refractivity contribution in [2.45, 2.75) is 25.9 Å². The molecule has 0 spiro atoms. The van der Waals surface area contributed by atoms with Gasteiger partial charge in [-0.3, -0.25) is 0 Å². The average Bonchev–Trinajstić information content (AvgIpc) is 3.23. The number of carbonyl (C=O) groups is 1. The second-order valence-corrected chi connectivity index (χ2v) is 8.33. The predicted molar refractivity (Wildman–Crippen MR) is 136 cm³/mol. The molecule has 0 saturated carbocycles. The number of nitrogens with zero attached hydrogens (tertiary/aromatic N) is 4. The highest BCUT2D eigenvalue weighted by Crippen LogP contribution is 2.32. The van der Waals surface area contributed by atoms with Crippen LogP contribution in [-0.2, 0) is 11.0 Å². The van der Waals surface area contributed by atoms with Crippen LogP contribution in [0.15, 0.2) is 54.4 Å². The third-order valence-corrected chi connectivity index (χ3v) is 5.73. The van der Waals surface area contributed by atoms with Crippen molar-refractivity contribution < 1.29 is 23.1 Å². The topological polar surface area (TPSA) is 91.2 Å². The summed E-state index contributed by atoms with van der Waals surface area (Å²) in [6.07, 6.45) is 1.00. The molecule has 0 saturated heterocycles. The minimum absolute atomic E-state index is 0. The van der Waals surface area contributed by atoms with Crippen molar-refractivity contribution in [3.8, 4) is 10.6 Å². The summed E-state index contributed by atoms with van der Waals surface area (Å²) >= 11 is 1.44.